The van der Waals surface area contributed by atoms with Gasteiger partial charge in [-0.1, -0.05) is 18.2 Å². The predicted molar refractivity (Wildman–Crippen MR) is 84.6 cm³/mol. The Labute approximate surface area is 160 Å². The monoisotopic (exact) mass is 451 g/mol. The first-order chi connectivity index (χ1) is 13.1. The molecule has 2 rings (SSSR count). The van der Waals surface area contributed by atoms with Crippen molar-refractivity contribution in [3.05, 3.63) is 57.0 Å². The Balaban J connectivity index is 2.76. The van der Waals surface area contributed by atoms with E-state index in [1.165, 1.54) is 0 Å². The second kappa shape index (κ2) is 7.28. The molecule has 0 atom stereocenters. The molecule has 0 unspecified atom stereocenters. The van der Waals surface area contributed by atoms with Crippen LogP contribution in [0.4, 0.5) is 51.1 Å². The fourth-order valence-electron chi connectivity index (χ4n) is 2.11. The molecule has 0 saturated heterocycles. The number of hydrogen-bond donors (Lipinski definition) is 1. The van der Waals surface area contributed by atoms with E-state index in [1.54, 1.807) is 0 Å². The maximum Gasteiger partial charge on any atom is 0.433 e. The van der Waals surface area contributed by atoms with Crippen molar-refractivity contribution in [3.63, 3.8) is 0 Å². The summed E-state index contributed by atoms with van der Waals surface area (Å²) in [6, 6.07) is -0.0488. The molecule has 14 heteroatoms. The van der Waals surface area contributed by atoms with Gasteiger partial charge in [-0.3, -0.25) is 9.36 Å². The van der Waals surface area contributed by atoms with Crippen LogP contribution >= 0.6 is 11.6 Å². The van der Waals surface area contributed by atoms with E-state index in [-0.39, 0.29) is 18.2 Å². The van der Waals surface area contributed by atoms with E-state index in [0.29, 0.717) is 10.8 Å². The van der Waals surface area contributed by atoms with E-state index in [1.807, 2.05) is 5.32 Å². The van der Waals surface area contributed by atoms with Crippen molar-refractivity contribution in [2.75, 3.05) is 5.32 Å². The molecule has 1 aromatic heterocycles. The predicted octanol–water partition coefficient (Wildman–Crippen LogP) is 5.80. The zero-order chi connectivity index (χ0) is 22.4. The van der Waals surface area contributed by atoms with Crippen LogP contribution in [0.5, 0.6) is 0 Å². The number of nitrogens with one attached hydrogen (secondary N) is 1. The lowest BCUT2D eigenvalue weighted by molar-refractivity contribution is -0.143. The second-order valence-electron chi connectivity index (χ2n) is 5.36. The topological polar surface area (TPSA) is 46.9 Å². The van der Waals surface area contributed by atoms with Crippen molar-refractivity contribution >= 4 is 29.4 Å². The number of halogens is 10. The minimum Gasteiger partial charge on any atom is -0.324 e. The molecule has 2 aromatic rings. The fraction of sp³-hybridized carbons (Fsp3) is 0.200. The first-order valence-corrected chi connectivity index (χ1v) is 7.51. The average Bonchev–Trinajstić information content (AvgIpc) is 2.53. The van der Waals surface area contributed by atoms with Gasteiger partial charge >= 0.3 is 18.5 Å². The summed E-state index contributed by atoms with van der Waals surface area (Å²) in [4.78, 5) is 14.8. The molecule has 1 heterocycles. The summed E-state index contributed by atoms with van der Waals surface area (Å²) >= 11 is 5.52. The quantitative estimate of drug-likeness (QED) is 0.600. The smallest absolute Gasteiger partial charge is 0.324 e. The van der Waals surface area contributed by atoms with Gasteiger partial charge < -0.3 is 5.32 Å². The van der Waals surface area contributed by atoms with Crippen LogP contribution in [-0.2, 0) is 18.5 Å². The lowest BCUT2D eigenvalue weighted by atomic mass is 10.1. The van der Waals surface area contributed by atoms with Gasteiger partial charge in [0.15, 0.2) is 5.69 Å². The molecule has 0 aliphatic carbocycles. The first kappa shape index (κ1) is 22.6. The Bertz CT molecular complexity index is 1010. The van der Waals surface area contributed by atoms with Gasteiger partial charge in [-0.25, -0.2) is 4.98 Å². The first-order valence-electron chi connectivity index (χ1n) is 7.14. The highest BCUT2D eigenvalue weighted by Crippen LogP contribution is 2.43. The van der Waals surface area contributed by atoms with Gasteiger partial charge in [-0.05, 0) is 12.1 Å². The van der Waals surface area contributed by atoms with Crippen LogP contribution in [0.2, 0.25) is 5.02 Å². The summed E-state index contributed by atoms with van der Waals surface area (Å²) in [5.74, 6) is -1.05. The summed E-state index contributed by atoms with van der Waals surface area (Å²) < 4.78 is 117. The third kappa shape index (κ3) is 4.83. The van der Waals surface area contributed by atoms with E-state index in [4.69, 9.17) is 11.6 Å². The SMILES string of the molecule is C=Cn1c(Nc2cc(C(F)(F)F)cc(C(F)(F)F)c2Cl)nc(C(F)(F)F)cc1=O. The van der Waals surface area contributed by atoms with Crippen LogP contribution in [0.1, 0.15) is 16.8 Å². The van der Waals surface area contributed by atoms with Crippen molar-refractivity contribution in [2.45, 2.75) is 18.5 Å². The highest BCUT2D eigenvalue weighted by Gasteiger charge is 2.40. The standard InChI is InChI=1S/C15H7ClF9N3O/c1-2-28-10(29)5-9(15(23,24)25)27-12(28)26-8-4-6(13(17,18)19)3-7(11(8)16)14(20,21)22/h2-5H,1H2,(H,26,27). The lowest BCUT2D eigenvalue weighted by Crippen LogP contribution is -2.24. The number of anilines is 2. The van der Waals surface area contributed by atoms with Crippen LogP contribution in [-0.4, -0.2) is 9.55 Å². The van der Waals surface area contributed by atoms with E-state index >= 15 is 0 Å². The number of aromatic nitrogens is 2. The van der Waals surface area contributed by atoms with Crippen LogP contribution in [0, 0.1) is 0 Å². The maximum atomic E-state index is 13.1. The summed E-state index contributed by atoms with van der Waals surface area (Å²) in [5.41, 5.74) is -7.82. The van der Waals surface area contributed by atoms with Gasteiger partial charge in [0, 0.05) is 12.3 Å². The molecule has 0 aliphatic rings. The maximum absolute atomic E-state index is 13.1. The van der Waals surface area contributed by atoms with Crippen LogP contribution in [0.25, 0.3) is 6.20 Å². The molecule has 0 aliphatic heterocycles. The molecule has 1 N–H and O–H groups in total. The van der Waals surface area contributed by atoms with Crippen LogP contribution in [0.3, 0.4) is 0 Å². The van der Waals surface area contributed by atoms with E-state index < -0.39 is 57.6 Å². The van der Waals surface area contributed by atoms with Gasteiger partial charge in [0.05, 0.1) is 21.8 Å². The Hall–Kier alpha value is -2.70. The molecule has 0 spiro atoms. The minimum absolute atomic E-state index is 0.0712. The summed E-state index contributed by atoms with van der Waals surface area (Å²) in [5, 5.41) is 0.548. The lowest BCUT2D eigenvalue weighted by Gasteiger charge is -2.18. The van der Waals surface area contributed by atoms with Crippen molar-refractivity contribution in [1.82, 2.24) is 9.55 Å². The fourth-order valence-corrected chi connectivity index (χ4v) is 2.37. The second-order valence-corrected chi connectivity index (χ2v) is 5.74. The Morgan fingerprint density at radius 3 is 2.00 bits per heavy atom. The average molecular weight is 452 g/mol. The molecule has 1 aromatic carbocycles. The normalized spacial score (nSPS) is 12.8. The third-order valence-corrected chi connectivity index (χ3v) is 3.78. The number of nitrogens with zero attached hydrogens (tertiary/aromatic N) is 2. The van der Waals surface area contributed by atoms with Crippen LogP contribution in [0.15, 0.2) is 29.6 Å². The Morgan fingerprint density at radius 1 is 0.966 bits per heavy atom. The van der Waals surface area contributed by atoms with E-state index in [9.17, 15) is 44.3 Å². The highest BCUT2D eigenvalue weighted by molar-refractivity contribution is 6.34. The number of benzene rings is 1. The van der Waals surface area contributed by atoms with Gasteiger partial charge in [0.1, 0.15) is 0 Å². The Kier molecular flexibility index (Phi) is 5.67. The number of rotatable bonds is 3. The van der Waals surface area contributed by atoms with E-state index in [0.717, 1.165) is 0 Å². The van der Waals surface area contributed by atoms with Crippen molar-refractivity contribution in [2.24, 2.45) is 0 Å². The molecular formula is C15H7ClF9N3O. The summed E-state index contributed by atoms with van der Waals surface area (Å²) in [6.45, 7) is 3.13. The van der Waals surface area contributed by atoms with Gasteiger partial charge in [-0.15, -0.1) is 0 Å². The van der Waals surface area contributed by atoms with Gasteiger partial charge in [0.2, 0.25) is 5.95 Å². The van der Waals surface area contributed by atoms with Crippen molar-refractivity contribution in [3.8, 4) is 0 Å². The molecule has 4 nitrogen and oxygen atoms in total. The van der Waals surface area contributed by atoms with E-state index in [2.05, 4.69) is 11.6 Å². The molecular weight excluding hydrogens is 445 g/mol. The molecule has 0 radical (unpaired) electrons. The van der Waals surface area contributed by atoms with Crippen molar-refractivity contribution < 1.29 is 39.5 Å². The Morgan fingerprint density at radius 2 is 1.55 bits per heavy atom. The molecule has 158 valence electrons. The van der Waals surface area contributed by atoms with Crippen molar-refractivity contribution in [1.29, 1.82) is 0 Å². The minimum atomic E-state index is -5.31. The molecule has 0 amide bonds. The number of hydrogen-bond acceptors (Lipinski definition) is 3. The largest absolute Gasteiger partial charge is 0.433 e. The zero-order valence-electron chi connectivity index (χ0n) is 13.6. The molecule has 0 saturated carbocycles. The molecule has 0 bridgehead atoms. The zero-order valence-corrected chi connectivity index (χ0v) is 14.4. The third-order valence-electron chi connectivity index (χ3n) is 3.38. The van der Waals surface area contributed by atoms with Gasteiger partial charge in [-0.2, -0.15) is 39.5 Å². The van der Waals surface area contributed by atoms with Crippen LogP contribution < -0.4 is 10.9 Å². The summed E-state index contributed by atoms with van der Waals surface area (Å²) in [6.07, 6.45) is -15.0. The molecule has 29 heavy (non-hydrogen) atoms. The molecule has 0 fully saturated rings. The summed E-state index contributed by atoms with van der Waals surface area (Å²) in [7, 11) is 0. The van der Waals surface area contributed by atoms with Gasteiger partial charge in [0.25, 0.3) is 5.56 Å². The number of alkyl halides is 9. The highest BCUT2D eigenvalue weighted by atomic mass is 35.5.